The van der Waals surface area contributed by atoms with Crippen LogP contribution in [-0.4, -0.2) is 0 Å². The van der Waals surface area contributed by atoms with Gasteiger partial charge in [0.25, 0.3) is 0 Å². The van der Waals surface area contributed by atoms with Crippen LogP contribution in [0.3, 0.4) is 0 Å². The van der Waals surface area contributed by atoms with Crippen molar-refractivity contribution in [3.63, 3.8) is 0 Å². The van der Waals surface area contributed by atoms with Crippen molar-refractivity contribution in [1.82, 2.24) is 0 Å². The van der Waals surface area contributed by atoms with E-state index in [1.54, 1.807) is 6.07 Å². The summed E-state index contributed by atoms with van der Waals surface area (Å²) in [7, 11) is 2.04. The van der Waals surface area contributed by atoms with E-state index in [1.165, 1.54) is 6.07 Å². The molecule has 2 heteroatoms. The SMILES string of the molecule is C[n+]1cc2ccc(F)cc2c(-c2ccccc2)c1-c1ccccc1. The summed E-state index contributed by atoms with van der Waals surface area (Å²) in [6.45, 7) is 0. The molecule has 4 aromatic rings. The molecule has 0 atom stereocenters. The molecule has 0 saturated carbocycles. The molecule has 1 aromatic heterocycles. The zero-order chi connectivity index (χ0) is 16.5. The topological polar surface area (TPSA) is 3.88 Å². The summed E-state index contributed by atoms with van der Waals surface area (Å²) in [5.74, 6) is -0.215. The van der Waals surface area contributed by atoms with Gasteiger partial charge in [-0.15, -0.1) is 0 Å². The average molecular weight is 314 g/mol. The van der Waals surface area contributed by atoms with E-state index in [4.69, 9.17) is 0 Å². The fraction of sp³-hybridized carbons (Fsp3) is 0.0455. The molecule has 0 saturated heterocycles. The Bertz CT molecular complexity index is 1010. The van der Waals surface area contributed by atoms with E-state index < -0.39 is 0 Å². The van der Waals surface area contributed by atoms with Crippen LogP contribution in [0.25, 0.3) is 33.2 Å². The van der Waals surface area contributed by atoms with Crippen LogP contribution in [0.5, 0.6) is 0 Å². The minimum absolute atomic E-state index is 0.215. The first-order valence-electron chi connectivity index (χ1n) is 7.97. The first kappa shape index (κ1) is 14.6. The van der Waals surface area contributed by atoms with E-state index in [1.807, 2.05) is 49.5 Å². The average Bonchev–Trinajstić information content (AvgIpc) is 2.62. The second kappa shape index (κ2) is 5.89. The van der Waals surface area contributed by atoms with Gasteiger partial charge in [-0.05, 0) is 35.9 Å². The Morgan fingerprint density at radius 3 is 2.04 bits per heavy atom. The van der Waals surface area contributed by atoms with Crippen LogP contribution in [0.15, 0.2) is 85.1 Å². The van der Waals surface area contributed by atoms with Crippen LogP contribution in [-0.2, 0) is 7.05 Å². The molecular formula is C22H17FN+. The zero-order valence-corrected chi connectivity index (χ0v) is 13.4. The maximum atomic E-state index is 14.0. The normalized spacial score (nSPS) is 10.9. The monoisotopic (exact) mass is 314 g/mol. The van der Waals surface area contributed by atoms with Crippen LogP contribution in [0.4, 0.5) is 4.39 Å². The number of aromatic nitrogens is 1. The molecule has 3 aromatic carbocycles. The second-order valence-electron chi connectivity index (χ2n) is 5.93. The van der Waals surface area contributed by atoms with Gasteiger partial charge in [0.1, 0.15) is 12.9 Å². The van der Waals surface area contributed by atoms with Gasteiger partial charge in [0, 0.05) is 16.3 Å². The van der Waals surface area contributed by atoms with Gasteiger partial charge < -0.3 is 0 Å². The summed E-state index contributed by atoms with van der Waals surface area (Å²) in [5.41, 5.74) is 4.34. The highest BCUT2D eigenvalue weighted by Crippen LogP contribution is 2.35. The number of nitrogens with zero attached hydrogens (tertiary/aromatic N) is 1. The Labute approximate surface area is 140 Å². The molecule has 4 rings (SSSR count). The lowest BCUT2D eigenvalue weighted by Crippen LogP contribution is -2.31. The molecule has 116 valence electrons. The maximum absolute atomic E-state index is 14.0. The molecule has 24 heavy (non-hydrogen) atoms. The highest BCUT2D eigenvalue weighted by atomic mass is 19.1. The minimum Gasteiger partial charge on any atom is -0.207 e. The second-order valence-corrected chi connectivity index (χ2v) is 5.93. The van der Waals surface area contributed by atoms with E-state index in [0.717, 1.165) is 33.2 Å². The number of rotatable bonds is 2. The Balaban J connectivity index is 2.17. The Morgan fingerprint density at radius 1 is 0.750 bits per heavy atom. The van der Waals surface area contributed by atoms with Crippen molar-refractivity contribution < 1.29 is 8.96 Å². The van der Waals surface area contributed by atoms with E-state index in [0.29, 0.717) is 0 Å². The third-order valence-electron chi connectivity index (χ3n) is 4.32. The lowest BCUT2D eigenvalue weighted by molar-refractivity contribution is -0.658. The largest absolute Gasteiger partial charge is 0.220 e. The van der Waals surface area contributed by atoms with Crippen molar-refractivity contribution in [2.24, 2.45) is 7.05 Å². The fourth-order valence-electron chi connectivity index (χ4n) is 3.28. The zero-order valence-electron chi connectivity index (χ0n) is 13.4. The quantitative estimate of drug-likeness (QED) is 0.451. The van der Waals surface area contributed by atoms with Crippen molar-refractivity contribution in [1.29, 1.82) is 0 Å². The van der Waals surface area contributed by atoms with E-state index in [9.17, 15) is 4.39 Å². The summed E-state index contributed by atoms with van der Waals surface area (Å²) < 4.78 is 16.1. The molecule has 0 amide bonds. The molecule has 0 spiro atoms. The van der Waals surface area contributed by atoms with Gasteiger partial charge in [-0.25, -0.2) is 4.39 Å². The number of benzene rings is 3. The van der Waals surface area contributed by atoms with Crippen LogP contribution in [0.1, 0.15) is 0 Å². The first-order valence-corrected chi connectivity index (χ1v) is 7.97. The summed E-state index contributed by atoms with van der Waals surface area (Å²) in [6.07, 6.45) is 2.06. The van der Waals surface area contributed by atoms with Gasteiger partial charge in [-0.3, -0.25) is 0 Å². The molecule has 1 nitrogen and oxygen atoms in total. The molecule has 0 bridgehead atoms. The van der Waals surface area contributed by atoms with Crippen LogP contribution in [0, 0.1) is 5.82 Å². The summed E-state index contributed by atoms with van der Waals surface area (Å²) in [4.78, 5) is 0. The number of pyridine rings is 1. The van der Waals surface area contributed by atoms with Crippen molar-refractivity contribution in [3.8, 4) is 22.4 Å². The smallest absolute Gasteiger partial charge is 0.207 e. The Hall–Kier alpha value is -3.00. The van der Waals surface area contributed by atoms with Crippen LogP contribution >= 0.6 is 0 Å². The number of halogens is 1. The summed E-state index contributed by atoms with van der Waals surface area (Å²) >= 11 is 0. The fourth-order valence-corrected chi connectivity index (χ4v) is 3.28. The number of aryl methyl sites for hydroxylation is 1. The standard InChI is InChI=1S/C22H17FN/c1-24-15-18-12-13-19(23)14-20(18)21(16-8-4-2-5-9-16)22(24)17-10-6-3-7-11-17/h2-15H,1H3/q+1. The number of hydrogen-bond donors (Lipinski definition) is 0. The van der Waals surface area contributed by atoms with Gasteiger partial charge in [-0.1, -0.05) is 48.5 Å². The molecule has 0 aliphatic heterocycles. The van der Waals surface area contributed by atoms with Crippen LogP contribution < -0.4 is 4.57 Å². The molecule has 0 radical (unpaired) electrons. The van der Waals surface area contributed by atoms with Crippen LogP contribution in [0.2, 0.25) is 0 Å². The lowest BCUT2D eigenvalue weighted by Gasteiger charge is -2.12. The molecular weight excluding hydrogens is 297 g/mol. The van der Waals surface area contributed by atoms with Crippen molar-refractivity contribution in [2.45, 2.75) is 0 Å². The predicted octanol–water partition coefficient (Wildman–Crippen LogP) is 5.14. The van der Waals surface area contributed by atoms with Gasteiger partial charge >= 0.3 is 0 Å². The molecule has 0 fully saturated rings. The van der Waals surface area contributed by atoms with E-state index >= 15 is 0 Å². The van der Waals surface area contributed by atoms with Crippen molar-refractivity contribution >= 4 is 10.8 Å². The summed E-state index contributed by atoms with van der Waals surface area (Å²) in [5, 5.41) is 1.95. The molecule has 0 aliphatic rings. The highest BCUT2D eigenvalue weighted by Gasteiger charge is 2.21. The molecule has 1 heterocycles. The molecule has 0 unspecified atom stereocenters. The van der Waals surface area contributed by atoms with E-state index in [2.05, 4.69) is 35.0 Å². The lowest BCUT2D eigenvalue weighted by atomic mass is 9.94. The third kappa shape index (κ3) is 2.46. The van der Waals surface area contributed by atoms with Crippen molar-refractivity contribution in [2.75, 3.05) is 0 Å². The van der Waals surface area contributed by atoms with Gasteiger partial charge in [0.15, 0.2) is 6.20 Å². The number of hydrogen-bond acceptors (Lipinski definition) is 0. The van der Waals surface area contributed by atoms with Crippen molar-refractivity contribution in [3.05, 3.63) is 90.9 Å². The predicted molar refractivity (Wildman–Crippen MR) is 96.0 cm³/mol. The molecule has 0 aliphatic carbocycles. The summed E-state index contributed by atoms with van der Waals surface area (Å²) in [6, 6.07) is 25.4. The van der Waals surface area contributed by atoms with E-state index in [-0.39, 0.29) is 5.82 Å². The number of fused-ring (bicyclic) bond motifs is 1. The molecule has 0 N–H and O–H groups in total. The van der Waals surface area contributed by atoms with Gasteiger partial charge in [0.05, 0.1) is 5.56 Å². The Kier molecular flexibility index (Phi) is 3.58. The minimum atomic E-state index is -0.215. The Morgan fingerprint density at radius 2 is 1.38 bits per heavy atom. The third-order valence-corrected chi connectivity index (χ3v) is 4.32. The van der Waals surface area contributed by atoms with Gasteiger partial charge in [0.2, 0.25) is 5.69 Å². The highest BCUT2D eigenvalue weighted by molar-refractivity contribution is 6.01. The first-order chi connectivity index (χ1) is 11.7. The maximum Gasteiger partial charge on any atom is 0.220 e. The van der Waals surface area contributed by atoms with Gasteiger partial charge in [-0.2, -0.15) is 4.57 Å².